The van der Waals surface area contributed by atoms with Crippen molar-refractivity contribution in [2.24, 2.45) is 0 Å². The van der Waals surface area contributed by atoms with Gasteiger partial charge in [0, 0.05) is 12.4 Å². The molecule has 150 valence electrons. The predicted molar refractivity (Wildman–Crippen MR) is 105 cm³/mol. The van der Waals surface area contributed by atoms with E-state index in [9.17, 15) is 4.79 Å². The first-order chi connectivity index (χ1) is 12.6. The van der Waals surface area contributed by atoms with Crippen LogP contribution in [0.4, 0.5) is 0 Å². The Hall–Kier alpha value is -1.46. The molecule has 26 heavy (non-hydrogen) atoms. The van der Waals surface area contributed by atoms with Crippen molar-refractivity contribution in [3.05, 3.63) is 30.1 Å². The molecular weight excluding hydrogens is 330 g/mol. The minimum atomic E-state index is -0.560. The van der Waals surface area contributed by atoms with E-state index >= 15 is 0 Å². The fraction of sp³-hybridized carbons (Fsp3) is 0.714. The molecule has 0 radical (unpaired) electrons. The van der Waals surface area contributed by atoms with E-state index < -0.39 is 6.10 Å². The third-order valence-electron chi connectivity index (χ3n) is 3.91. The van der Waals surface area contributed by atoms with Gasteiger partial charge in [-0.05, 0) is 25.5 Å². The smallest absolute Gasteiger partial charge is 0.338 e. The van der Waals surface area contributed by atoms with Crippen LogP contribution in [-0.4, -0.2) is 40.5 Å². The minimum Gasteiger partial charge on any atom is -0.462 e. The second-order valence-corrected chi connectivity index (χ2v) is 6.59. The lowest BCUT2D eigenvalue weighted by atomic mass is 10.1. The maximum absolute atomic E-state index is 11.7. The zero-order valence-electron chi connectivity index (χ0n) is 16.5. The summed E-state index contributed by atoms with van der Waals surface area (Å²) in [7, 11) is 0. The van der Waals surface area contributed by atoms with Crippen LogP contribution >= 0.6 is 0 Å². The van der Waals surface area contributed by atoms with Crippen LogP contribution in [-0.2, 0) is 4.74 Å². The van der Waals surface area contributed by atoms with E-state index in [1.54, 1.807) is 24.5 Å². The number of rotatable bonds is 13. The number of aromatic nitrogens is 1. The number of pyridine rings is 1. The van der Waals surface area contributed by atoms with Crippen molar-refractivity contribution in [2.45, 2.75) is 84.2 Å². The average Bonchev–Trinajstić information content (AvgIpc) is 2.67. The monoisotopic (exact) mass is 367 g/mol. The molecule has 1 heterocycles. The van der Waals surface area contributed by atoms with Crippen LogP contribution in [0.15, 0.2) is 24.5 Å². The second-order valence-electron chi connectivity index (χ2n) is 6.59. The molecule has 0 aliphatic carbocycles. The van der Waals surface area contributed by atoms with Gasteiger partial charge in [0.15, 0.2) is 0 Å². The van der Waals surface area contributed by atoms with Crippen LogP contribution in [0.2, 0.25) is 0 Å². The summed E-state index contributed by atoms with van der Waals surface area (Å²) in [6, 6.07) is 3.36. The second kappa shape index (κ2) is 18.3. The molecular formula is C21H37NO4. The van der Waals surface area contributed by atoms with E-state index in [0.29, 0.717) is 12.2 Å². The van der Waals surface area contributed by atoms with Gasteiger partial charge < -0.3 is 14.9 Å². The van der Waals surface area contributed by atoms with Crippen molar-refractivity contribution in [2.75, 3.05) is 13.2 Å². The normalized spacial score (nSPS) is 11.4. The molecule has 0 fully saturated rings. The number of esters is 1. The van der Waals surface area contributed by atoms with Gasteiger partial charge in [0.05, 0.1) is 24.9 Å². The summed E-state index contributed by atoms with van der Waals surface area (Å²) in [5.41, 5.74) is 0.581. The molecule has 0 aliphatic rings. The first-order valence-electron chi connectivity index (χ1n) is 9.97. The molecule has 1 aromatic heterocycles. The molecule has 5 nitrogen and oxygen atoms in total. The highest BCUT2D eigenvalue weighted by atomic mass is 16.5. The Balaban J connectivity index is 0.00000110. The Morgan fingerprint density at radius 3 is 1.92 bits per heavy atom. The molecule has 1 atom stereocenters. The van der Waals surface area contributed by atoms with Gasteiger partial charge in [-0.1, -0.05) is 64.7 Å². The van der Waals surface area contributed by atoms with E-state index in [-0.39, 0.29) is 12.6 Å². The van der Waals surface area contributed by atoms with Crippen LogP contribution < -0.4 is 0 Å². The SMILES string of the molecule is CC(O)CO.CCCCCCCCCCCCOC(=O)c1ccncc1. The van der Waals surface area contributed by atoms with Crippen LogP contribution in [0.5, 0.6) is 0 Å². The Kier molecular flexibility index (Phi) is 17.3. The number of carbonyl (C=O) groups excluding carboxylic acids is 1. The van der Waals surface area contributed by atoms with Crippen molar-refractivity contribution in [3.8, 4) is 0 Å². The highest BCUT2D eigenvalue weighted by Crippen LogP contribution is 2.10. The zero-order chi connectivity index (χ0) is 19.5. The quantitative estimate of drug-likeness (QED) is 0.396. The summed E-state index contributed by atoms with van der Waals surface area (Å²) < 4.78 is 5.23. The van der Waals surface area contributed by atoms with Gasteiger partial charge in [-0.3, -0.25) is 4.98 Å². The molecule has 0 aromatic carbocycles. The lowest BCUT2D eigenvalue weighted by Crippen LogP contribution is -2.06. The van der Waals surface area contributed by atoms with Crippen molar-refractivity contribution in [3.63, 3.8) is 0 Å². The molecule has 0 spiro atoms. The molecule has 2 N–H and O–H groups in total. The van der Waals surface area contributed by atoms with Crippen molar-refractivity contribution in [1.29, 1.82) is 0 Å². The van der Waals surface area contributed by atoms with Gasteiger partial charge in [0.25, 0.3) is 0 Å². The number of ether oxygens (including phenoxy) is 1. The van der Waals surface area contributed by atoms with Crippen molar-refractivity contribution in [1.82, 2.24) is 4.98 Å². The molecule has 0 aliphatic heterocycles. The number of aliphatic hydroxyl groups excluding tert-OH is 2. The van der Waals surface area contributed by atoms with Gasteiger partial charge in [-0.15, -0.1) is 0 Å². The molecule has 0 amide bonds. The third-order valence-corrected chi connectivity index (χ3v) is 3.91. The highest BCUT2D eigenvalue weighted by Gasteiger charge is 2.05. The lowest BCUT2D eigenvalue weighted by molar-refractivity contribution is 0.0497. The Bertz CT molecular complexity index is 423. The molecule has 1 unspecified atom stereocenters. The molecule has 1 aromatic rings. The number of aliphatic hydroxyl groups is 2. The van der Waals surface area contributed by atoms with E-state index in [4.69, 9.17) is 14.9 Å². The van der Waals surface area contributed by atoms with E-state index in [0.717, 1.165) is 12.8 Å². The Morgan fingerprint density at radius 1 is 1.00 bits per heavy atom. The van der Waals surface area contributed by atoms with Gasteiger partial charge in [0.1, 0.15) is 0 Å². The fourth-order valence-corrected chi connectivity index (χ4v) is 2.33. The topological polar surface area (TPSA) is 79.6 Å². The molecule has 1 rings (SSSR count). The molecule has 0 saturated heterocycles. The maximum atomic E-state index is 11.7. The Labute approximate surface area is 158 Å². The first-order valence-corrected chi connectivity index (χ1v) is 9.97. The van der Waals surface area contributed by atoms with Crippen LogP contribution in [0.3, 0.4) is 0 Å². The van der Waals surface area contributed by atoms with Gasteiger partial charge in [-0.2, -0.15) is 0 Å². The van der Waals surface area contributed by atoms with E-state index in [2.05, 4.69) is 11.9 Å². The van der Waals surface area contributed by atoms with Gasteiger partial charge >= 0.3 is 5.97 Å². The van der Waals surface area contributed by atoms with E-state index in [1.165, 1.54) is 58.3 Å². The zero-order valence-corrected chi connectivity index (χ0v) is 16.5. The number of nitrogens with zero attached hydrogens (tertiary/aromatic N) is 1. The van der Waals surface area contributed by atoms with Gasteiger partial charge in [-0.25, -0.2) is 4.79 Å². The summed E-state index contributed by atoms with van der Waals surface area (Å²) in [6.07, 6.45) is 15.5. The van der Waals surface area contributed by atoms with Crippen LogP contribution in [0.1, 0.15) is 88.4 Å². The predicted octanol–water partition coefficient (Wildman–Crippen LogP) is 4.52. The summed E-state index contributed by atoms with van der Waals surface area (Å²) in [6.45, 7) is 4.17. The molecule has 0 saturated carbocycles. The van der Waals surface area contributed by atoms with Crippen LogP contribution in [0, 0.1) is 0 Å². The minimum absolute atomic E-state index is 0.139. The first kappa shape index (κ1) is 24.5. The van der Waals surface area contributed by atoms with Crippen LogP contribution in [0.25, 0.3) is 0 Å². The number of hydrogen-bond donors (Lipinski definition) is 2. The standard InChI is InChI=1S/C18H29NO2.C3H8O2/c1-2-3-4-5-6-7-8-9-10-11-16-21-18(20)17-12-14-19-15-13-17;1-3(5)2-4/h12-15H,2-11,16H2,1H3;3-5H,2H2,1H3. The average molecular weight is 368 g/mol. The number of unbranched alkanes of at least 4 members (excludes halogenated alkanes) is 9. The Morgan fingerprint density at radius 2 is 1.46 bits per heavy atom. The maximum Gasteiger partial charge on any atom is 0.338 e. The molecule has 5 heteroatoms. The summed E-state index contributed by atoms with van der Waals surface area (Å²) >= 11 is 0. The number of carbonyl (C=O) groups is 1. The highest BCUT2D eigenvalue weighted by molar-refractivity contribution is 5.89. The summed E-state index contributed by atoms with van der Waals surface area (Å²) in [5, 5.41) is 16.0. The van der Waals surface area contributed by atoms with E-state index in [1.807, 2.05) is 0 Å². The molecule has 0 bridgehead atoms. The lowest BCUT2D eigenvalue weighted by Gasteiger charge is -2.05. The summed E-state index contributed by atoms with van der Waals surface area (Å²) in [4.78, 5) is 15.5. The number of hydrogen-bond acceptors (Lipinski definition) is 5. The third kappa shape index (κ3) is 16.0. The largest absolute Gasteiger partial charge is 0.462 e. The fourth-order valence-electron chi connectivity index (χ4n) is 2.33. The summed E-state index contributed by atoms with van der Waals surface area (Å²) in [5.74, 6) is -0.242. The van der Waals surface area contributed by atoms with Gasteiger partial charge in [0.2, 0.25) is 0 Å². The van der Waals surface area contributed by atoms with Crippen molar-refractivity contribution >= 4 is 5.97 Å². The van der Waals surface area contributed by atoms with Crippen molar-refractivity contribution < 1.29 is 19.7 Å².